The predicted octanol–water partition coefficient (Wildman–Crippen LogP) is 1.58. The number of amides is 1. The molecule has 30 heavy (non-hydrogen) atoms. The maximum atomic E-state index is 12.6. The summed E-state index contributed by atoms with van der Waals surface area (Å²) >= 11 is 0. The molecule has 2 rings (SSSR count). The van der Waals surface area contributed by atoms with Gasteiger partial charge in [0.25, 0.3) is 5.56 Å². The second-order valence-corrected chi connectivity index (χ2v) is 6.85. The lowest BCUT2D eigenvalue weighted by Crippen LogP contribution is -2.35. The molecule has 1 aromatic heterocycles. The molecule has 0 spiro atoms. The zero-order valence-electron chi connectivity index (χ0n) is 17.5. The fourth-order valence-corrected chi connectivity index (χ4v) is 3.07. The standard InChI is InChI=1S/C21H29N3O6/c1-3-30-13-7-11-22-18(25)8-5-4-6-12-24-19(26)16-10-9-15(20(27)29-2)14-17(16)23-21(24)28/h9-10,14H,3-8,11-13H2,1-2H3,(H,22,25)(H,23,28). The van der Waals surface area contributed by atoms with E-state index in [9.17, 15) is 19.2 Å². The van der Waals surface area contributed by atoms with Gasteiger partial charge >= 0.3 is 11.7 Å². The highest BCUT2D eigenvalue weighted by Crippen LogP contribution is 2.10. The highest BCUT2D eigenvalue weighted by Gasteiger charge is 2.11. The van der Waals surface area contributed by atoms with Crippen LogP contribution in [-0.4, -0.2) is 48.3 Å². The van der Waals surface area contributed by atoms with E-state index in [0.717, 1.165) is 17.4 Å². The zero-order valence-corrected chi connectivity index (χ0v) is 17.5. The summed E-state index contributed by atoms with van der Waals surface area (Å²) in [5.74, 6) is -0.547. The smallest absolute Gasteiger partial charge is 0.337 e. The van der Waals surface area contributed by atoms with Crippen LogP contribution in [0, 0.1) is 0 Å². The van der Waals surface area contributed by atoms with Gasteiger partial charge in [-0.05, 0) is 44.4 Å². The topological polar surface area (TPSA) is 119 Å². The number of benzene rings is 1. The monoisotopic (exact) mass is 419 g/mol. The number of H-pyrrole nitrogens is 1. The lowest BCUT2D eigenvalue weighted by molar-refractivity contribution is -0.121. The molecular weight excluding hydrogens is 390 g/mol. The largest absolute Gasteiger partial charge is 0.465 e. The number of nitrogens with zero attached hydrogens (tertiary/aromatic N) is 1. The molecule has 0 atom stereocenters. The number of unbranched alkanes of at least 4 members (excludes halogenated alkanes) is 2. The summed E-state index contributed by atoms with van der Waals surface area (Å²) in [7, 11) is 1.26. The average molecular weight is 419 g/mol. The minimum Gasteiger partial charge on any atom is -0.465 e. The van der Waals surface area contributed by atoms with Gasteiger partial charge < -0.3 is 19.8 Å². The summed E-state index contributed by atoms with van der Waals surface area (Å²) in [6, 6.07) is 4.43. The number of rotatable bonds is 12. The number of carbonyl (C=O) groups is 2. The number of fused-ring (bicyclic) bond motifs is 1. The van der Waals surface area contributed by atoms with E-state index in [1.807, 2.05) is 6.92 Å². The van der Waals surface area contributed by atoms with E-state index in [-0.39, 0.29) is 18.0 Å². The minimum absolute atomic E-state index is 0.00590. The van der Waals surface area contributed by atoms with Crippen molar-refractivity contribution < 1.29 is 19.1 Å². The molecule has 0 aliphatic rings. The lowest BCUT2D eigenvalue weighted by Gasteiger charge is -2.08. The van der Waals surface area contributed by atoms with E-state index in [0.29, 0.717) is 49.9 Å². The van der Waals surface area contributed by atoms with Crippen molar-refractivity contribution in [2.45, 2.75) is 45.6 Å². The normalized spacial score (nSPS) is 10.9. The number of aromatic amines is 1. The molecule has 164 valence electrons. The first-order valence-corrected chi connectivity index (χ1v) is 10.2. The van der Waals surface area contributed by atoms with Gasteiger partial charge in [0.1, 0.15) is 0 Å². The molecule has 0 aliphatic heterocycles. The quantitative estimate of drug-likeness (QED) is 0.398. The SMILES string of the molecule is CCOCCCNC(=O)CCCCCn1c(=O)[nH]c2cc(C(=O)OC)ccc2c1=O. The van der Waals surface area contributed by atoms with Crippen LogP contribution in [0.1, 0.15) is 49.4 Å². The second-order valence-electron chi connectivity index (χ2n) is 6.85. The first-order chi connectivity index (χ1) is 14.5. The highest BCUT2D eigenvalue weighted by molar-refractivity contribution is 5.93. The molecule has 2 aromatic rings. The molecule has 9 heteroatoms. The number of hydrogen-bond acceptors (Lipinski definition) is 6. The first-order valence-electron chi connectivity index (χ1n) is 10.2. The summed E-state index contributed by atoms with van der Waals surface area (Å²) in [5, 5.41) is 3.17. The van der Waals surface area contributed by atoms with E-state index in [4.69, 9.17) is 4.74 Å². The second kappa shape index (κ2) is 11.9. The van der Waals surface area contributed by atoms with Gasteiger partial charge in [0.05, 0.1) is 23.6 Å². The van der Waals surface area contributed by atoms with Crippen LogP contribution in [0.25, 0.3) is 10.9 Å². The van der Waals surface area contributed by atoms with Crippen molar-refractivity contribution in [2.24, 2.45) is 0 Å². The van der Waals surface area contributed by atoms with Crippen LogP contribution >= 0.6 is 0 Å². The van der Waals surface area contributed by atoms with Crippen LogP contribution in [0.5, 0.6) is 0 Å². The Morgan fingerprint density at radius 2 is 1.93 bits per heavy atom. The van der Waals surface area contributed by atoms with Gasteiger partial charge in [-0.15, -0.1) is 0 Å². The minimum atomic E-state index is -0.541. The van der Waals surface area contributed by atoms with E-state index < -0.39 is 17.2 Å². The maximum absolute atomic E-state index is 12.6. The summed E-state index contributed by atoms with van der Waals surface area (Å²) in [5.41, 5.74) is -0.377. The number of carbonyl (C=O) groups excluding carboxylic acids is 2. The molecule has 1 aromatic carbocycles. The van der Waals surface area contributed by atoms with Gasteiger partial charge in [-0.1, -0.05) is 6.42 Å². The Balaban J connectivity index is 1.85. The fourth-order valence-electron chi connectivity index (χ4n) is 3.07. The number of aromatic nitrogens is 2. The predicted molar refractivity (Wildman–Crippen MR) is 113 cm³/mol. The summed E-state index contributed by atoms with van der Waals surface area (Å²) in [6.45, 7) is 4.10. The van der Waals surface area contributed by atoms with E-state index in [2.05, 4.69) is 15.0 Å². The fraction of sp³-hybridized carbons (Fsp3) is 0.524. The van der Waals surface area contributed by atoms with Crippen molar-refractivity contribution in [3.05, 3.63) is 44.6 Å². The van der Waals surface area contributed by atoms with Crippen molar-refractivity contribution >= 4 is 22.8 Å². The molecule has 9 nitrogen and oxygen atoms in total. The van der Waals surface area contributed by atoms with E-state index >= 15 is 0 Å². The number of methoxy groups -OCH3 is 1. The van der Waals surface area contributed by atoms with Crippen LogP contribution in [0.15, 0.2) is 27.8 Å². The van der Waals surface area contributed by atoms with Crippen molar-refractivity contribution in [1.82, 2.24) is 14.9 Å². The van der Waals surface area contributed by atoms with Crippen molar-refractivity contribution in [2.75, 3.05) is 26.9 Å². The van der Waals surface area contributed by atoms with Crippen LogP contribution in [-0.2, 0) is 20.8 Å². The summed E-state index contributed by atoms with van der Waals surface area (Å²) < 4.78 is 11.0. The number of ether oxygens (including phenoxy) is 2. The molecule has 1 amide bonds. The zero-order chi connectivity index (χ0) is 21.9. The third-order valence-electron chi connectivity index (χ3n) is 4.68. The molecule has 0 aliphatic carbocycles. The van der Waals surface area contributed by atoms with Gasteiger partial charge in [-0.3, -0.25) is 14.2 Å². The van der Waals surface area contributed by atoms with E-state index in [1.165, 1.54) is 25.3 Å². The molecule has 0 unspecified atom stereocenters. The molecule has 0 saturated heterocycles. The highest BCUT2D eigenvalue weighted by atomic mass is 16.5. The third-order valence-corrected chi connectivity index (χ3v) is 4.68. The molecule has 2 N–H and O–H groups in total. The Labute approximate surface area is 174 Å². The number of esters is 1. The van der Waals surface area contributed by atoms with Crippen molar-refractivity contribution in [3.8, 4) is 0 Å². The Morgan fingerprint density at radius 1 is 1.13 bits per heavy atom. The van der Waals surface area contributed by atoms with Gasteiger partial charge in [0.15, 0.2) is 0 Å². The Hall–Kier alpha value is -2.94. The summed E-state index contributed by atoms with van der Waals surface area (Å²) in [4.78, 5) is 50.9. The molecule has 0 bridgehead atoms. The van der Waals surface area contributed by atoms with Crippen molar-refractivity contribution in [3.63, 3.8) is 0 Å². The van der Waals surface area contributed by atoms with Crippen LogP contribution in [0.3, 0.4) is 0 Å². The number of hydrogen-bond donors (Lipinski definition) is 2. The number of nitrogens with one attached hydrogen (secondary N) is 2. The third kappa shape index (κ3) is 6.55. The Bertz CT molecular complexity index is 979. The van der Waals surface area contributed by atoms with Crippen LogP contribution in [0.4, 0.5) is 0 Å². The Morgan fingerprint density at radius 3 is 2.67 bits per heavy atom. The van der Waals surface area contributed by atoms with Gasteiger partial charge in [-0.2, -0.15) is 0 Å². The van der Waals surface area contributed by atoms with Gasteiger partial charge in [0, 0.05) is 32.7 Å². The molecule has 0 fully saturated rings. The maximum Gasteiger partial charge on any atom is 0.337 e. The first kappa shape index (κ1) is 23.3. The molecule has 0 radical (unpaired) electrons. The van der Waals surface area contributed by atoms with Crippen LogP contribution in [0.2, 0.25) is 0 Å². The Kier molecular flexibility index (Phi) is 9.27. The molecule has 1 heterocycles. The molecular formula is C21H29N3O6. The summed E-state index contributed by atoms with van der Waals surface area (Å²) in [6.07, 6.45) is 3.20. The van der Waals surface area contributed by atoms with Crippen molar-refractivity contribution in [1.29, 1.82) is 0 Å². The lowest BCUT2D eigenvalue weighted by atomic mass is 10.1. The van der Waals surface area contributed by atoms with Gasteiger partial charge in [-0.25, -0.2) is 9.59 Å². The molecule has 0 saturated carbocycles. The van der Waals surface area contributed by atoms with Gasteiger partial charge in [0.2, 0.25) is 5.91 Å². The van der Waals surface area contributed by atoms with Crippen LogP contribution < -0.4 is 16.6 Å². The average Bonchev–Trinajstić information content (AvgIpc) is 2.74. The van der Waals surface area contributed by atoms with E-state index in [1.54, 1.807) is 0 Å².